The van der Waals surface area contributed by atoms with E-state index in [0.29, 0.717) is 4.88 Å². The first-order valence-electron chi connectivity index (χ1n) is 6.16. The zero-order valence-corrected chi connectivity index (χ0v) is 12.4. The first-order chi connectivity index (χ1) is 8.17. The van der Waals surface area contributed by atoms with E-state index in [2.05, 4.69) is 38.0 Å². The van der Waals surface area contributed by atoms with Crippen LogP contribution in [0.5, 0.6) is 0 Å². The van der Waals surface area contributed by atoms with E-state index in [1.54, 1.807) is 6.20 Å². The monoisotopic (exact) mass is 267 g/mol. The average molecular weight is 267 g/mol. The summed E-state index contributed by atoms with van der Waals surface area (Å²) in [7, 11) is 0. The van der Waals surface area contributed by atoms with Gasteiger partial charge in [-0.15, -0.1) is 11.3 Å². The van der Waals surface area contributed by atoms with E-state index >= 15 is 0 Å². The third-order valence-electron chi connectivity index (χ3n) is 4.21. The highest BCUT2D eigenvalue weighted by molar-refractivity contribution is 7.13. The van der Waals surface area contributed by atoms with Gasteiger partial charge in [0.25, 0.3) is 5.91 Å². The molecule has 0 aliphatic heterocycles. The van der Waals surface area contributed by atoms with Crippen LogP contribution in [0.25, 0.3) is 0 Å². The molecule has 18 heavy (non-hydrogen) atoms. The third kappa shape index (κ3) is 1.86. The molecule has 1 fully saturated rings. The summed E-state index contributed by atoms with van der Waals surface area (Å²) >= 11 is 1.42. The van der Waals surface area contributed by atoms with Crippen molar-refractivity contribution in [3.05, 3.63) is 16.1 Å². The second-order valence-electron chi connectivity index (χ2n) is 6.27. The van der Waals surface area contributed by atoms with Crippen LogP contribution in [-0.2, 0) is 0 Å². The van der Waals surface area contributed by atoms with Crippen LogP contribution in [0.4, 0.5) is 0 Å². The molecule has 100 valence electrons. The number of nitrogens with zero attached hydrogens (tertiary/aromatic N) is 1. The number of aryl methyl sites for hydroxylation is 1. The summed E-state index contributed by atoms with van der Waals surface area (Å²) in [6, 6.07) is 0.188. The summed E-state index contributed by atoms with van der Waals surface area (Å²) in [6.45, 7) is 10.3. The van der Waals surface area contributed by atoms with Gasteiger partial charge in [0.1, 0.15) is 4.88 Å². The number of aromatic nitrogens is 1. The molecule has 1 amide bonds. The lowest BCUT2D eigenvalue weighted by molar-refractivity contribution is -0.0663. The standard InChI is InChI=1S/C13H21N3OS/c1-7-15-6-8(18-7)9(17)16-11-12(2,3)10(14)13(11,4)5/h6,10-11H,14H2,1-5H3,(H,16,17). The van der Waals surface area contributed by atoms with Crippen LogP contribution in [0.15, 0.2) is 6.20 Å². The molecule has 0 atom stereocenters. The Labute approximate surface area is 112 Å². The van der Waals surface area contributed by atoms with Gasteiger partial charge in [-0.2, -0.15) is 0 Å². The molecule has 1 aromatic heterocycles. The van der Waals surface area contributed by atoms with E-state index in [1.807, 2.05) is 6.92 Å². The Balaban J connectivity index is 2.13. The van der Waals surface area contributed by atoms with E-state index in [1.165, 1.54) is 11.3 Å². The number of carbonyl (C=O) groups excluding carboxylic acids is 1. The van der Waals surface area contributed by atoms with Crippen molar-refractivity contribution in [3.63, 3.8) is 0 Å². The van der Waals surface area contributed by atoms with E-state index in [-0.39, 0.29) is 28.8 Å². The van der Waals surface area contributed by atoms with Crippen molar-refractivity contribution in [1.29, 1.82) is 0 Å². The molecule has 0 unspecified atom stereocenters. The number of hydrogen-bond acceptors (Lipinski definition) is 4. The van der Waals surface area contributed by atoms with Crippen molar-refractivity contribution in [2.45, 2.75) is 46.7 Å². The van der Waals surface area contributed by atoms with Gasteiger partial charge in [0.15, 0.2) is 0 Å². The average Bonchev–Trinajstić information content (AvgIpc) is 2.71. The lowest BCUT2D eigenvalue weighted by atomic mass is 9.48. The van der Waals surface area contributed by atoms with Gasteiger partial charge < -0.3 is 11.1 Å². The lowest BCUT2D eigenvalue weighted by Crippen LogP contribution is -2.76. The minimum Gasteiger partial charge on any atom is -0.347 e. The number of thiazole rings is 1. The summed E-state index contributed by atoms with van der Waals surface area (Å²) in [4.78, 5) is 16.9. The van der Waals surface area contributed by atoms with Crippen molar-refractivity contribution >= 4 is 17.2 Å². The van der Waals surface area contributed by atoms with Crippen LogP contribution in [-0.4, -0.2) is 23.0 Å². The van der Waals surface area contributed by atoms with Gasteiger partial charge in [0.2, 0.25) is 0 Å². The van der Waals surface area contributed by atoms with Crippen LogP contribution in [0.3, 0.4) is 0 Å². The molecule has 1 saturated carbocycles. The fourth-order valence-electron chi connectivity index (χ4n) is 3.22. The van der Waals surface area contributed by atoms with E-state index < -0.39 is 0 Å². The second-order valence-corrected chi connectivity index (χ2v) is 7.51. The number of nitrogens with two attached hydrogens (primary N) is 1. The van der Waals surface area contributed by atoms with Gasteiger partial charge >= 0.3 is 0 Å². The van der Waals surface area contributed by atoms with Gasteiger partial charge in [-0.25, -0.2) is 4.98 Å². The summed E-state index contributed by atoms with van der Waals surface area (Å²) in [5, 5.41) is 4.01. The second kappa shape index (κ2) is 4.03. The predicted molar refractivity (Wildman–Crippen MR) is 73.6 cm³/mol. The molecular formula is C13H21N3OS. The van der Waals surface area contributed by atoms with Crippen molar-refractivity contribution in [2.24, 2.45) is 16.6 Å². The number of carbonyl (C=O) groups is 1. The molecule has 3 N–H and O–H groups in total. The Morgan fingerprint density at radius 1 is 1.39 bits per heavy atom. The first-order valence-corrected chi connectivity index (χ1v) is 6.98. The molecule has 1 aromatic rings. The Bertz CT molecular complexity index is 462. The maximum Gasteiger partial charge on any atom is 0.263 e. The summed E-state index contributed by atoms with van der Waals surface area (Å²) in [5.41, 5.74) is 6.04. The van der Waals surface area contributed by atoms with Crippen molar-refractivity contribution in [3.8, 4) is 0 Å². The lowest BCUT2D eigenvalue weighted by Gasteiger charge is -2.62. The topological polar surface area (TPSA) is 68.0 Å². The number of hydrogen-bond donors (Lipinski definition) is 2. The van der Waals surface area contributed by atoms with E-state index in [4.69, 9.17) is 5.73 Å². The van der Waals surface area contributed by atoms with Gasteiger partial charge in [0, 0.05) is 22.9 Å². The molecule has 5 heteroatoms. The molecule has 1 aliphatic carbocycles. The van der Waals surface area contributed by atoms with Crippen LogP contribution in [0, 0.1) is 17.8 Å². The largest absolute Gasteiger partial charge is 0.347 e. The number of nitrogens with one attached hydrogen (secondary N) is 1. The molecular weight excluding hydrogens is 246 g/mol. The van der Waals surface area contributed by atoms with Crippen LogP contribution < -0.4 is 11.1 Å². The fraction of sp³-hybridized carbons (Fsp3) is 0.692. The zero-order chi connectivity index (χ0) is 13.7. The van der Waals surface area contributed by atoms with Crippen LogP contribution in [0.1, 0.15) is 42.4 Å². The summed E-state index contributed by atoms with van der Waals surface area (Å²) in [5.74, 6) is -0.0429. The minimum absolute atomic E-state index is 0.0429. The number of amides is 1. The Morgan fingerprint density at radius 2 is 1.94 bits per heavy atom. The van der Waals surface area contributed by atoms with Gasteiger partial charge in [-0.3, -0.25) is 4.79 Å². The van der Waals surface area contributed by atoms with E-state index in [9.17, 15) is 4.79 Å². The smallest absolute Gasteiger partial charge is 0.263 e. The highest BCUT2D eigenvalue weighted by atomic mass is 32.1. The normalized spacial score (nSPS) is 28.6. The molecule has 1 heterocycles. The molecule has 0 spiro atoms. The van der Waals surface area contributed by atoms with Crippen molar-refractivity contribution in [1.82, 2.24) is 10.3 Å². The van der Waals surface area contributed by atoms with Gasteiger partial charge in [-0.1, -0.05) is 27.7 Å². The fourth-order valence-corrected chi connectivity index (χ4v) is 3.90. The maximum absolute atomic E-state index is 12.2. The summed E-state index contributed by atoms with van der Waals surface area (Å²) < 4.78 is 0. The molecule has 4 nitrogen and oxygen atoms in total. The van der Waals surface area contributed by atoms with Gasteiger partial charge in [-0.05, 0) is 6.92 Å². The predicted octanol–water partition coefficient (Wildman–Crippen LogP) is 1.94. The Hall–Kier alpha value is -0.940. The molecule has 1 aliphatic rings. The zero-order valence-electron chi connectivity index (χ0n) is 11.6. The quantitative estimate of drug-likeness (QED) is 0.860. The van der Waals surface area contributed by atoms with Gasteiger partial charge in [0.05, 0.1) is 11.2 Å². The molecule has 0 aromatic carbocycles. The summed E-state index contributed by atoms with van der Waals surface area (Å²) in [6.07, 6.45) is 1.63. The van der Waals surface area contributed by atoms with Crippen LogP contribution >= 0.6 is 11.3 Å². The molecule has 0 bridgehead atoms. The third-order valence-corrected chi connectivity index (χ3v) is 5.12. The molecule has 0 saturated heterocycles. The molecule has 2 rings (SSSR count). The Morgan fingerprint density at radius 3 is 2.39 bits per heavy atom. The van der Waals surface area contributed by atoms with Crippen molar-refractivity contribution in [2.75, 3.05) is 0 Å². The maximum atomic E-state index is 12.2. The minimum atomic E-state index is -0.0705. The number of rotatable bonds is 2. The first kappa shape index (κ1) is 13.5. The highest BCUT2D eigenvalue weighted by Crippen LogP contribution is 2.52. The van der Waals surface area contributed by atoms with Crippen molar-refractivity contribution < 1.29 is 4.79 Å². The van der Waals surface area contributed by atoms with Crippen LogP contribution in [0.2, 0.25) is 0 Å². The van der Waals surface area contributed by atoms with E-state index in [0.717, 1.165) is 5.01 Å². The SMILES string of the molecule is Cc1ncc(C(=O)NC2C(C)(C)C(N)C2(C)C)s1. The molecule has 0 radical (unpaired) electrons. The Kier molecular flexibility index (Phi) is 3.02. The highest BCUT2D eigenvalue weighted by Gasteiger charge is 2.60.